The Balaban J connectivity index is 3.53. The maximum atomic E-state index is 3.85. The first kappa shape index (κ1) is 10.0. The predicted octanol–water partition coefficient (Wildman–Crippen LogP) is 2.98. The summed E-state index contributed by atoms with van der Waals surface area (Å²) in [5.74, 6) is 0. The Morgan fingerprint density at radius 3 is 2.00 bits per heavy atom. The van der Waals surface area contributed by atoms with Crippen molar-refractivity contribution < 1.29 is 0 Å². The number of rotatable bonds is 5. The highest BCUT2D eigenvalue weighted by atomic mass is 14.9. The van der Waals surface area contributed by atoms with Gasteiger partial charge in [-0.2, -0.15) is 0 Å². The predicted molar refractivity (Wildman–Crippen MR) is 51.1 cm³/mol. The van der Waals surface area contributed by atoms with Gasteiger partial charge in [-0.05, 0) is 26.7 Å². The van der Waals surface area contributed by atoms with E-state index in [0.29, 0.717) is 0 Å². The molecule has 0 aromatic rings. The molecule has 0 saturated carbocycles. The van der Waals surface area contributed by atoms with E-state index in [-0.39, 0.29) is 0 Å². The summed E-state index contributed by atoms with van der Waals surface area (Å²) in [6.45, 7) is 15.3. The van der Waals surface area contributed by atoms with Crippen LogP contribution in [0.4, 0.5) is 0 Å². The zero-order chi connectivity index (χ0) is 8.85. The van der Waals surface area contributed by atoms with E-state index in [1.54, 1.807) is 0 Å². The minimum Gasteiger partial charge on any atom is -0.364 e. The molecule has 1 nitrogen and oxygen atoms in total. The van der Waals surface area contributed by atoms with Crippen molar-refractivity contribution in [3.8, 4) is 0 Å². The second kappa shape index (κ2) is 4.78. The van der Waals surface area contributed by atoms with Crippen LogP contribution in [0.15, 0.2) is 36.7 Å². The van der Waals surface area contributed by atoms with E-state index in [1.165, 1.54) is 5.57 Å². The van der Waals surface area contributed by atoms with Gasteiger partial charge in [0.1, 0.15) is 0 Å². The standard InChI is InChI=1S/C10H17N/c1-8(2)6-7-10(5)11-9(3)4/h11H,1,3,5-7H2,2,4H3. The van der Waals surface area contributed by atoms with Crippen molar-refractivity contribution >= 4 is 0 Å². The van der Waals surface area contributed by atoms with E-state index in [0.717, 1.165) is 24.2 Å². The third kappa shape index (κ3) is 6.91. The lowest BCUT2D eigenvalue weighted by atomic mass is 10.1. The molecule has 0 amide bonds. The first-order valence-electron chi connectivity index (χ1n) is 3.77. The van der Waals surface area contributed by atoms with Gasteiger partial charge in [0.25, 0.3) is 0 Å². The van der Waals surface area contributed by atoms with Crippen LogP contribution in [-0.4, -0.2) is 0 Å². The molecule has 0 aliphatic heterocycles. The first-order chi connectivity index (χ1) is 5.02. The summed E-state index contributed by atoms with van der Waals surface area (Å²) in [5, 5.41) is 3.07. The maximum Gasteiger partial charge on any atom is 0.00785 e. The van der Waals surface area contributed by atoms with Gasteiger partial charge in [0.05, 0.1) is 0 Å². The zero-order valence-electron chi connectivity index (χ0n) is 7.54. The fourth-order valence-corrected chi connectivity index (χ4v) is 0.729. The molecule has 1 heteroatoms. The molecule has 1 N–H and O–H groups in total. The molecule has 0 rings (SSSR count). The average Bonchev–Trinajstić information content (AvgIpc) is 1.82. The lowest BCUT2D eigenvalue weighted by molar-refractivity contribution is 0.835. The number of allylic oxidation sites excluding steroid dienone is 3. The molecule has 0 aliphatic carbocycles. The van der Waals surface area contributed by atoms with Crippen LogP contribution in [0.2, 0.25) is 0 Å². The highest BCUT2D eigenvalue weighted by Crippen LogP contribution is 2.06. The molecule has 0 atom stereocenters. The lowest BCUT2D eigenvalue weighted by Gasteiger charge is -2.07. The van der Waals surface area contributed by atoms with E-state index in [2.05, 4.69) is 25.1 Å². The molecule has 0 spiro atoms. The average molecular weight is 151 g/mol. The Bertz CT molecular complexity index is 177. The molecule has 0 unspecified atom stereocenters. The Labute approximate surface area is 69.5 Å². The van der Waals surface area contributed by atoms with Crippen LogP contribution in [0.3, 0.4) is 0 Å². The maximum absolute atomic E-state index is 3.85. The third-order valence-electron chi connectivity index (χ3n) is 1.24. The Hall–Kier alpha value is -0.980. The van der Waals surface area contributed by atoms with Gasteiger partial charge in [-0.25, -0.2) is 0 Å². The summed E-state index contributed by atoms with van der Waals surface area (Å²) in [4.78, 5) is 0. The van der Waals surface area contributed by atoms with E-state index >= 15 is 0 Å². The van der Waals surface area contributed by atoms with Crippen molar-refractivity contribution in [1.29, 1.82) is 0 Å². The number of hydrogen-bond acceptors (Lipinski definition) is 1. The number of nitrogens with one attached hydrogen (secondary N) is 1. The molecule has 0 bridgehead atoms. The minimum atomic E-state index is 0.941. The van der Waals surface area contributed by atoms with Crippen molar-refractivity contribution in [1.82, 2.24) is 5.32 Å². The minimum absolute atomic E-state index is 0.941. The zero-order valence-corrected chi connectivity index (χ0v) is 7.54. The van der Waals surface area contributed by atoms with Crippen molar-refractivity contribution in [2.24, 2.45) is 0 Å². The molecule has 0 aromatic heterocycles. The molecule has 62 valence electrons. The van der Waals surface area contributed by atoms with Crippen molar-refractivity contribution in [2.45, 2.75) is 26.7 Å². The first-order valence-corrected chi connectivity index (χ1v) is 3.77. The summed E-state index contributed by atoms with van der Waals surface area (Å²) in [6.07, 6.45) is 1.95. The van der Waals surface area contributed by atoms with E-state index in [9.17, 15) is 0 Å². The van der Waals surface area contributed by atoms with Crippen LogP contribution in [0, 0.1) is 0 Å². The number of hydrogen-bond donors (Lipinski definition) is 1. The fourth-order valence-electron chi connectivity index (χ4n) is 0.729. The molecule has 0 saturated heterocycles. The van der Waals surface area contributed by atoms with Gasteiger partial charge in [0.2, 0.25) is 0 Å². The summed E-state index contributed by atoms with van der Waals surface area (Å²) >= 11 is 0. The van der Waals surface area contributed by atoms with Crippen LogP contribution in [-0.2, 0) is 0 Å². The van der Waals surface area contributed by atoms with Gasteiger partial charge in [-0.3, -0.25) is 0 Å². The summed E-state index contributed by atoms with van der Waals surface area (Å²) in [5.41, 5.74) is 3.15. The fraction of sp³-hybridized carbons (Fsp3) is 0.400. The van der Waals surface area contributed by atoms with E-state index < -0.39 is 0 Å². The second-order valence-corrected chi connectivity index (χ2v) is 2.97. The Kier molecular flexibility index (Phi) is 4.35. The second-order valence-electron chi connectivity index (χ2n) is 2.97. The van der Waals surface area contributed by atoms with Crippen molar-refractivity contribution in [2.75, 3.05) is 0 Å². The van der Waals surface area contributed by atoms with Gasteiger partial charge in [-0.15, -0.1) is 6.58 Å². The highest BCUT2D eigenvalue weighted by Gasteiger charge is 1.92. The van der Waals surface area contributed by atoms with E-state index in [1.807, 2.05) is 13.8 Å². The van der Waals surface area contributed by atoms with Gasteiger partial charge in [-0.1, -0.05) is 18.7 Å². The molecule has 0 heterocycles. The topological polar surface area (TPSA) is 12.0 Å². The Morgan fingerprint density at radius 2 is 1.64 bits per heavy atom. The normalized spacial score (nSPS) is 8.91. The SMILES string of the molecule is C=C(C)CCC(=C)NC(=C)C. The largest absolute Gasteiger partial charge is 0.364 e. The monoisotopic (exact) mass is 151 g/mol. The lowest BCUT2D eigenvalue weighted by Crippen LogP contribution is -2.08. The molecule has 0 radical (unpaired) electrons. The molecule has 0 fully saturated rings. The van der Waals surface area contributed by atoms with E-state index in [4.69, 9.17) is 0 Å². The van der Waals surface area contributed by atoms with Gasteiger partial charge in [0, 0.05) is 11.4 Å². The summed E-state index contributed by atoms with van der Waals surface area (Å²) in [6, 6.07) is 0. The van der Waals surface area contributed by atoms with Crippen molar-refractivity contribution in [3.63, 3.8) is 0 Å². The highest BCUT2D eigenvalue weighted by molar-refractivity contribution is 5.04. The van der Waals surface area contributed by atoms with Gasteiger partial charge in [0.15, 0.2) is 0 Å². The summed E-state index contributed by atoms with van der Waals surface area (Å²) in [7, 11) is 0. The summed E-state index contributed by atoms with van der Waals surface area (Å²) < 4.78 is 0. The Morgan fingerprint density at radius 1 is 1.09 bits per heavy atom. The molecule has 0 aromatic carbocycles. The molecule has 11 heavy (non-hydrogen) atoms. The van der Waals surface area contributed by atoms with Crippen LogP contribution in [0.25, 0.3) is 0 Å². The van der Waals surface area contributed by atoms with Crippen LogP contribution >= 0.6 is 0 Å². The molecular weight excluding hydrogens is 134 g/mol. The molecular formula is C10H17N. The smallest absolute Gasteiger partial charge is 0.00785 e. The quantitative estimate of drug-likeness (QED) is 0.596. The van der Waals surface area contributed by atoms with Crippen LogP contribution < -0.4 is 5.32 Å². The van der Waals surface area contributed by atoms with Crippen LogP contribution in [0.1, 0.15) is 26.7 Å². The van der Waals surface area contributed by atoms with Crippen LogP contribution in [0.5, 0.6) is 0 Å². The van der Waals surface area contributed by atoms with Gasteiger partial charge < -0.3 is 5.32 Å². The van der Waals surface area contributed by atoms with Gasteiger partial charge >= 0.3 is 0 Å². The molecule has 0 aliphatic rings. The van der Waals surface area contributed by atoms with Crippen molar-refractivity contribution in [3.05, 3.63) is 36.7 Å². The third-order valence-corrected chi connectivity index (χ3v) is 1.24.